The van der Waals surface area contributed by atoms with Crippen LogP contribution in [0.25, 0.3) is 0 Å². The van der Waals surface area contributed by atoms with Crippen molar-refractivity contribution in [2.24, 2.45) is 0 Å². The van der Waals surface area contributed by atoms with Gasteiger partial charge in [0.15, 0.2) is 0 Å². The summed E-state index contributed by atoms with van der Waals surface area (Å²) in [6.45, 7) is 0.796. The molecular weight excluding hydrogens is 214 g/mol. The van der Waals surface area contributed by atoms with Crippen LogP contribution in [0.3, 0.4) is 0 Å². The van der Waals surface area contributed by atoms with E-state index in [9.17, 15) is 0 Å². The highest BCUT2D eigenvalue weighted by Gasteiger charge is 2.36. The van der Waals surface area contributed by atoms with Crippen LogP contribution in [-0.2, 0) is 19.8 Å². The zero-order valence-electron chi connectivity index (χ0n) is 9.34. The SMILES string of the molecule is CO[Si](CCCn1ccnn1)(OC)OC. The van der Waals surface area contributed by atoms with Crippen molar-refractivity contribution in [2.75, 3.05) is 21.3 Å². The summed E-state index contributed by atoms with van der Waals surface area (Å²) in [7, 11) is 2.45. The molecule has 0 aliphatic carbocycles. The van der Waals surface area contributed by atoms with Gasteiger partial charge in [-0.2, -0.15) is 0 Å². The average Bonchev–Trinajstić information content (AvgIpc) is 2.78. The van der Waals surface area contributed by atoms with Crippen LogP contribution in [-0.4, -0.2) is 45.1 Å². The van der Waals surface area contributed by atoms with Gasteiger partial charge in [-0.15, -0.1) is 5.10 Å². The monoisotopic (exact) mass is 231 g/mol. The van der Waals surface area contributed by atoms with E-state index in [2.05, 4.69) is 10.3 Å². The quantitative estimate of drug-likeness (QED) is 0.641. The molecule has 0 aliphatic rings. The molecule has 1 heterocycles. The molecule has 0 amide bonds. The van der Waals surface area contributed by atoms with E-state index >= 15 is 0 Å². The van der Waals surface area contributed by atoms with Crippen molar-refractivity contribution in [1.29, 1.82) is 0 Å². The topological polar surface area (TPSA) is 58.4 Å². The van der Waals surface area contributed by atoms with Gasteiger partial charge >= 0.3 is 8.80 Å². The number of nitrogens with zero attached hydrogens (tertiary/aromatic N) is 3. The molecule has 86 valence electrons. The van der Waals surface area contributed by atoms with Gasteiger partial charge in [0, 0.05) is 40.1 Å². The van der Waals surface area contributed by atoms with Gasteiger partial charge in [0.1, 0.15) is 0 Å². The van der Waals surface area contributed by atoms with Crippen molar-refractivity contribution in [2.45, 2.75) is 19.0 Å². The van der Waals surface area contributed by atoms with Gasteiger partial charge in [0.25, 0.3) is 0 Å². The zero-order valence-corrected chi connectivity index (χ0v) is 10.3. The molecule has 0 N–H and O–H groups in total. The molecule has 0 atom stereocenters. The Balaban J connectivity index is 2.34. The number of aromatic nitrogens is 3. The molecule has 15 heavy (non-hydrogen) atoms. The molecule has 7 heteroatoms. The zero-order chi connectivity index (χ0) is 11.1. The first kappa shape index (κ1) is 12.3. The lowest BCUT2D eigenvalue weighted by Crippen LogP contribution is -2.42. The van der Waals surface area contributed by atoms with Gasteiger partial charge in [-0.3, -0.25) is 4.68 Å². The molecule has 0 bridgehead atoms. The molecule has 0 aliphatic heterocycles. The second-order valence-electron chi connectivity index (χ2n) is 3.07. The molecule has 0 fully saturated rings. The van der Waals surface area contributed by atoms with E-state index in [1.165, 1.54) is 0 Å². The Labute approximate surface area is 90.5 Å². The van der Waals surface area contributed by atoms with Gasteiger partial charge in [-0.1, -0.05) is 5.21 Å². The van der Waals surface area contributed by atoms with Crippen molar-refractivity contribution >= 4 is 8.80 Å². The van der Waals surface area contributed by atoms with E-state index in [1.807, 2.05) is 6.20 Å². The molecule has 1 aromatic rings. The molecule has 0 radical (unpaired) electrons. The lowest BCUT2D eigenvalue weighted by molar-refractivity contribution is 0.122. The minimum Gasteiger partial charge on any atom is -0.377 e. The maximum Gasteiger partial charge on any atom is 0.500 e. The van der Waals surface area contributed by atoms with Crippen molar-refractivity contribution < 1.29 is 13.3 Å². The summed E-state index contributed by atoms with van der Waals surface area (Å²) in [6, 6.07) is 0.774. The fraction of sp³-hybridized carbons (Fsp3) is 0.750. The summed E-state index contributed by atoms with van der Waals surface area (Å²) in [5.41, 5.74) is 0. The van der Waals surface area contributed by atoms with Crippen LogP contribution < -0.4 is 0 Å². The summed E-state index contributed by atoms with van der Waals surface area (Å²) in [4.78, 5) is 0. The number of aryl methyl sites for hydroxylation is 1. The predicted molar refractivity (Wildman–Crippen MR) is 56.2 cm³/mol. The predicted octanol–water partition coefficient (Wildman–Crippen LogP) is 0.546. The third kappa shape index (κ3) is 3.38. The Morgan fingerprint density at radius 3 is 2.33 bits per heavy atom. The summed E-state index contributed by atoms with van der Waals surface area (Å²) in [6.07, 6.45) is 4.38. The highest BCUT2D eigenvalue weighted by molar-refractivity contribution is 6.60. The van der Waals surface area contributed by atoms with Crippen LogP contribution in [0.2, 0.25) is 6.04 Å². The van der Waals surface area contributed by atoms with Crippen LogP contribution in [0, 0.1) is 0 Å². The van der Waals surface area contributed by atoms with Crippen LogP contribution >= 0.6 is 0 Å². The lowest BCUT2D eigenvalue weighted by atomic mass is 10.5. The van der Waals surface area contributed by atoms with Crippen molar-refractivity contribution in [3.63, 3.8) is 0 Å². The van der Waals surface area contributed by atoms with Crippen LogP contribution in [0.1, 0.15) is 6.42 Å². The smallest absolute Gasteiger partial charge is 0.377 e. The molecule has 1 aromatic heterocycles. The van der Waals surface area contributed by atoms with E-state index in [0.717, 1.165) is 19.0 Å². The maximum absolute atomic E-state index is 5.30. The molecule has 0 unspecified atom stereocenters. The first-order valence-corrected chi connectivity index (χ1v) is 6.69. The Hall–Kier alpha value is -0.763. The number of hydrogen-bond acceptors (Lipinski definition) is 5. The van der Waals surface area contributed by atoms with Crippen molar-refractivity contribution in [3.8, 4) is 0 Å². The Morgan fingerprint density at radius 2 is 1.87 bits per heavy atom. The summed E-state index contributed by atoms with van der Waals surface area (Å²) in [5, 5.41) is 7.60. The van der Waals surface area contributed by atoms with Gasteiger partial charge in [0.2, 0.25) is 0 Å². The first-order chi connectivity index (χ1) is 7.26. The Bertz CT molecular complexity index is 256. The highest BCUT2D eigenvalue weighted by Crippen LogP contribution is 2.15. The molecule has 0 spiro atoms. The van der Waals surface area contributed by atoms with E-state index in [0.29, 0.717) is 0 Å². The number of rotatable bonds is 7. The second kappa shape index (κ2) is 5.96. The second-order valence-corrected chi connectivity index (χ2v) is 6.16. The third-order valence-electron chi connectivity index (χ3n) is 2.28. The van der Waals surface area contributed by atoms with E-state index in [4.69, 9.17) is 13.3 Å². The minimum absolute atomic E-state index is 0.774. The standard InChI is InChI=1S/C8H17N3O3Si/c1-12-15(13-2,14-3)8-4-6-11-7-5-9-10-11/h5,7H,4,6,8H2,1-3H3. The summed E-state index contributed by atoms with van der Waals surface area (Å²) in [5.74, 6) is 0. The van der Waals surface area contributed by atoms with Crippen molar-refractivity contribution in [3.05, 3.63) is 12.4 Å². The molecule has 1 rings (SSSR count). The molecule has 0 saturated carbocycles. The minimum atomic E-state index is -2.41. The molecule has 6 nitrogen and oxygen atoms in total. The first-order valence-electron chi connectivity index (χ1n) is 4.76. The van der Waals surface area contributed by atoms with Gasteiger partial charge in [-0.05, 0) is 6.42 Å². The largest absolute Gasteiger partial charge is 0.500 e. The van der Waals surface area contributed by atoms with Crippen LogP contribution in [0.4, 0.5) is 0 Å². The Kier molecular flexibility index (Phi) is 4.89. The normalized spacial score (nSPS) is 11.9. The molecule has 0 saturated heterocycles. The molecular formula is C8H17N3O3Si. The Morgan fingerprint density at radius 1 is 1.20 bits per heavy atom. The van der Waals surface area contributed by atoms with Gasteiger partial charge in [0.05, 0.1) is 6.20 Å². The fourth-order valence-electron chi connectivity index (χ4n) is 1.37. The average molecular weight is 231 g/mol. The third-order valence-corrected chi connectivity index (χ3v) is 5.11. The lowest BCUT2D eigenvalue weighted by Gasteiger charge is -2.24. The van der Waals surface area contributed by atoms with Crippen LogP contribution in [0.15, 0.2) is 12.4 Å². The number of hydrogen-bond donors (Lipinski definition) is 0. The van der Waals surface area contributed by atoms with E-state index in [-0.39, 0.29) is 0 Å². The van der Waals surface area contributed by atoms with E-state index in [1.54, 1.807) is 32.2 Å². The van der Waals surface area contributed by atoms with Crippen LogP contribution in [0.5, 0.6) is 0 Å². The highest BCUT2D eigenvalue weighted by atomic mass is 28.4. The summed E-state index contributed by atoms with van der Waals surface area (Å²) >= 11 is 0. The van der Waals surface area contributed by atoms with E-state index < -0.39 is 8.80 Å². The fourth-order valence-corrected chi connectivity index (χ4v) is 3.07. The van der Waals surface area contributed by atoms with Gasteiger partial charge in [-0.25, -0.2) is 0 Å². The molecule has 0 aromatic carbocycles. The summed E-state index contributed by atoms with van der Waals surface area (Å²) < 4.78 is 17.7. The maximum atomic E-state index is 5.30. The van der Waals surface area contributed by atoms with Gasteiger partial charge < -0.3 is 13.3 Å². The van der Waals surface area contributed by atoms with Crippen molar-refractivity contribution in [1.82, 2.24) is 15.0 Å².